The van der Waals surface area contributed by atoms with Gasteiger partial charge >= 0.3 is 5.97 Å². The van der Waals surface area contributed by atoms with Crippen LogP contribution in [0, 0.1) is 0 Å². The highest BCUT2D eigenvalue weighted by molar-refractivity contribution is 9.12. The van der Waals surface area contributed by atoms with E-state index >= 15 is 0 Å². The number of carbonyl (C=O) groups is 1. The van der Waals surface area contributed by atoms with Crippen LogP contribution in [0.4, 0.5) is 0 Å². The van der Waals surface area contributed by atoms with Gasteiger partial charge in [0.25, 0.3) is 0 Å². The van der Waals surface area contributed by atoms with E-state index in [2.05, 4.69) is 38.4 Å². The van der Waals surface area contributed by atoms with E-state index in [-0.39, 0.29) is 0 Å². The molecule has 1 aromatic heterocycles. The molecule has 0 spiro atoms. The summed E-state index contributed by atoms with van der Waals surface area (Å²) in [7, 11) is 0. The molecule has 1 aromatic rings. The van der Waals surface area contributed by atoms with Crippen molar-refractivity contribution in [2.45, 2.75) is 22.5 Å². The summed E-state index contributed by atoms with van der Waals surface area (Å²) in [5.41, 5.74) is 1.10. The van der Waals surface area contributed by atoms with Crippen LogP contribution in [0.2, 0.25) is 0 Å². The molecule has 1 N–H and O–H groups in total. The van der Waals surface area contributed by atoms with Gasteiger partial charge in [-0.3, -0.25) is 4.79 Å². The largest absolute Gasteiger partial charge is 0.480 e. The Bertz CT molecular complexity index is 441. The third kappa shape index (κ3) is 1.89. The standard InChI is InChI=1S/C10H8Br2O2S2/c1-2-3-10(9(13)14)4-5-6(16-10)8(12)15-7(5)11/h2H,1,3-4H2,(H,13,14). The fraction of sp³-hybridized carbons (Fsp3) is 0.300. The first-order valence-corrected chi connectivity index (χ1v) is 7.72. The second kappa shape index (κ2) is 4.48. The molecular formula is C10H8Br2O2S2. The lowest BCUT2D eigenvalue weighted by Gasteiger charge is -2.21. The number of thioether (sulfide) groups is 1. The predicted molar refractivity (Wildman–Crippen MR) is 74.5 cm³/mol. The van der Waals surface area contributed by atoms with Crippen molar-refractivity contribution in [2.75, 3.05) is 0 Å². The minimum absolute atomic E-state index is 0.477. The van der Waals surface area contributed by atoms with Crippen LogP contribution in [0.15, 0.2) is 25.1 Å². The average molecular weight is 384 g/mol. The lowest BCUT2D eigenvalue weighted by molar-refractivity contribution is -0.139. The van der Waals surface area contributed by atoms with Crippen LogP contribution in [0.3, 0.4) is 0 Å². The number of carboxylic acid groups (broad SMARTS) is 1. The molecule has 0 radical (unpaired) electrons. The van der Waals surface area contributed by atoms with Gasteiger partial charge in [0, 0.05) is 11.3 Å². The summed E-state index contributed by atoms with van der Waals surface area (Å²) < 4.78 is 1.26. The van der Waals surface area contributed by atoms with E-state index in [1.54, 1.807) is 17.4 Å². The first-order chi connectivity index (χ1) is 7.50. The predicted octanol–water partition coefficient (Wildman–Crippen LogP) is 4.32. The molecule has 1 unspecified atom stereocenters. The van der Waals surface area contributed by atoms with Crippen molar-refractivity contribution in [2.24, 2.45) is 0 Å². The van der Waals surface area contributed by atoms with Gasteiger partial charge in [-0.2, -0.15) is 0 Å². The van der Waals surface area contributed by atoms with Crippen molar-refractivity contribution in [1.29, 1.82) is 0 Å². The number of halogens is 2. The summed E-state index contributed by atoms with van der Waals surface area (Å²) in [6.45, 7) is 3.65. The maximum absolute atomic E-state index is 11.4. The summed E-state index contributed by atoms with van der Waals surface area (Å²) in [6, 6.07) is 0. The second-order valence-electron chi connectivity index (χ2n) is 3.53. The Balaban J connectivity index is 2.42. The number of carboxylic acids is 1. The highest BCUT2D eigenvalue weighted by Crippen LogP contribution is 2.55. The number of fused-ring (bicyclic) bond motifs is 1. The van der Waals surface area contributed by atoms with Gasteiger partial charge < -0.3 is 5.11 Å². The quantitative estimate of drug-likeness (QED) is 0.789. The molecule has 1 aliphatic rings. The van der Waals surface area contributed by atoms with Crippen LogP contribution in [0.1, 0.15) is 12.0 Å². The minimum Gasteiger partial charge on any atom is -0.480 e. The molecule has 0 fully saturated rings. The zero-order valence-corrected chi connectivity index (χ0v) is 12.9. The van der Waals surface area contributed by atoms with E-state index in [4.69, 9.17) is 0 Å². The van der Waals surface area contributed by atoms with Crippen LogP contribution in [0.25, 0.3) is 0 Å². The molecule has 0 saturated heterocycles. The monoisotopic (exact) mass is 382 g/mol. The first kappa shape index (κ1) is 12.7. The molecule has 2 heterocycles. The van der Waals surface area contributed by atoms with Crippen molar-refractivity contribution >= 4 is 60.9 Å². The Morgan fingerprint density at radius 1 is 1.56 bits per heavy atom. The number of thiophene rings is 1. The molecule has 0 aliphatic carbocycles. The number of aliphatic carboxylic acids is 1. The lowest BCUT2D eigenvalue weighted by Crippen LogP contribution is -2.34. The topological polar surface area (TPSA) is 37.3 Å². The first-order valence-electron chi connectivity index (χ1n) is 4.50. The summed E-state index contributed by atoms with van der Waals surface area (Å²) in [6.07, 6.45) is 2.71. The van der Waals surface area contributed by atoms with Gasteiger partial charge in [-0.15, -0.1) is 29.7 Å². The normalized spacial score (nSPS) is 23.1. The lowest BCUT2D eigenvalue weighted by atomic mass is 9.97. The van der Waals surface area contributed by atoms with E-state index in [1.165, 1.54) is 11.8 Å². The van der Waals surface area contributed by atoms with Crippen molar-refractivity contribution in [3.63, 3.8) is 0 Å². The molecule has 2 nitrogen and oxygen atoms in total. The Labute approximate surface area is 118 Å². The highest BCUT2D eigenvalue weighted by atomic mass is 79.9. The van der Waals surface area contributed by atoms with Crippen LogP contribution in [-0.4, -0.2) is 15.8 Å². The molecule has 16 heavy (non-hydrogen) atoms. The molecule has 0 bridgehead atoms. The molecule has 6 heteroatoms. The summed E-state index contributed by atoms with van der Waals surface area (Å²) in [5.74, 6) is -0.766. The van der Waals surface area contributed by atoms with Crippen LogP contribution < -0.4 is 0 Å². The second-order valence-corrected chi connectivity index (χ2v) is 8.58. The van der Waals surface area contributed by atoms with Crippen molar-refractivity contribution in [3.8, 4) is 0 Å². The molecule has 1 aliphatic heterocycles. The smallest absolute Gasteiger partial charge is 0.320 e. The Hall–Kier alpha value is 0.220. The third-order valence-corrected chi connectivity index (χ3v) is 7.07. The zero-order valence-electron chi connectivity index (χ0n) is 8.13. The van der Waals surface area contributed by atoms with Gasteiger partial charge in [0.15, 0.2) is 0 Å². The maximum atomic E-state index is 11.4. The summed E-state index contributed by atoms with van der Waals surface area (Å²) in [4.78, 5) is 12.5. The zero-order chi connectivity index (χ0) is 11.9. The van der Waals surface area contributed by atoms with Gasteiger partial charge in [0.05, 0.1) is 7.57 Å². The SMILES string of the molecule is C=CCC1(C(=O)O)Cc2c(Br)sc(Br)c2S1. The van der Waals surface area contributed by atoms with Crippen LogP contribution in [0.5, 0.6) is 0 Å². The fourth-order valence-electron chi connectivity index (χ4n) is 1.72. The Kier molecular flexibility index (Phi) is 3.55. The molecule has 0 amide bonds. The number of allylic oxidation sites excluding steroid dienone is 1. The third-order valence-electron chi connectivity index (χ3n) is 2.49. The van der Waals surface area contributed by atoms with Crippen molar-refractivity contribution in [3.05, 3.63) is 25.8 Å². The van der Waals surface area contributed by atoms with Gasteiger partial charge in [-0.1, -0.05) is 6.08 Å². The van der Waals surface area contributed by atoms with Gasteiger partial charge in [0.1, 0.15) is 4.75 Å². The van der Waals surface area contributed by atoms with E-state index in [0.29, 0.717) is 12.8 Å². The van der Waals surface area contributed by atoms with E-state index in [0.717, 1.165) is 18.0 Å². The van der Waals surface area contributed by atoms with Crippen molar-refractivity contribution in [1.82, 2.24) is 0 Å². The molecular weight excluding hydrogens is 376 g/mol. The number of hydrogen-bond donors (Lipinski definition) is 1. The van der Waals surface area contributed by atoms with Gasteiger partial charge in [-0.25, -0.2) is 0 Å². The van der Waals surface area contributed by atoms with Crippen LogP contribution in [-0.2, 0) is 11.2 Å². The summed E-state index contributed by atoms with van der Waals surface area (Å²) >= 11 is 9.97. The van der Waals surface area contributed by atoms with Gasteiger partial charge in [0.2, 0.25) is 0 Å². The molecule has 1 atom stereocenters. The minimum atomic E-state index is -0.772. The van der Waals surface area contributed by atoms with Crippen molar-refractivity contribution < 1.29 is 9.90 Å². The molecule has 0 saturated carbocycles. The van der Waals surface area contributed by atoms with Gasteiger partial charge in [-0.05, 0) is 43.8 Å². The Morgan fingerprint density at radius 3 is 2.75 bits per heavy atom. The molecule has 2 rings (SSSR count). The average Bonchev–Trinajstić information content (AvgIpc) is 2.69. The number of rotatable bonds is 3. The number of hydrogen-bond acceptors (Lipinski definition) is 3. The maximum Gasteiger partial charge on any atom is 0.320 e. The fourth-order valence-corrected chi connectivity index (χ4v) is 6.55. The van der Waals surface area contributed by atoms with E-state index in [9.17, 15) is 9.90 Å². The molecule has 0 aromatic carbocycles. The van der Waals surface area contributed by atoms with E-state index < -0.39 is 10.7 Å². The molecule has 86 valence electrons. The van der Waals surface area contributed by atoms with E-state index in [1.807, 2.05) is 0 Å². The Morgan fingerprint density at radius 2 is 2.25 bits per heavy atom. The van der Waals surface area contributed by atoms with Crippen LogP contribution >= 0.6 is 55.0 Å². The summed E-state index contributed by atoms with van der Waals surface area (Å²) in [5, 5.41) is 9.37. The highest BCUT2D eigenvalue weighted by Gasteiger charge is 2.46.